The number of hydrogen-bond acceptors (Lipinski definition) is 5. The maximum Gasteiger partial charge on any atom is 0.253 e. The number of nitrogens with zero attached hydrogens (tertiary/aromatic N) is 5. The summed E-state index contributed by atoms with van der Waals surface area (Å²) in [5, 5.41) is 7.06. The van der Waals surface area contributed by atoms with Gasteiger partial charge >= 0.3 is 0 Å². The molecule has 8 heteroatoms. The molecule has 0 aliphatic rings. The Hall–Kier alpha value is -3.29. The lowest BCUT2D eigenvalue weighted by molar-refractivity contribution is -0.116. The smallest absolute Gasteiger partial charge is 0.253 e. The lowest BCUT2D eigenvalue weighted by atomic mass is 10.1. The van der Waals surface area contributed by atoms with Crippen molar-refractivity contribution < 1.29 is 9.59 Å². The van der Waals surface area contributed by atoms with Crippen molar-refractivity contribution in [1.29, 1.82) is 0 Å². The van der Waals surface area contributed by atoms with Crippen LogP contribution in [-0.4, -0.2) is 49.4 Å². The first-order valence-corrected chi connectivity index (χ1v) is 9.79. The molecule has 1 aromatic carbocycles. The summed E-state index contributed by atoms with van der Waals surface area (Å²) in [6.07, 6.45) is 2.32. The van der Waals surface area contributed by atoms with Crippen LogP contribution in [0.2, 0.25) is 0 Å². The first kappa shape index (κ1) is 20.4. The van der Waals surface area contributed by atoms with Gasteiger partial charge in [0.15, 0.2) is 0 Å². The third-order valence-corrected chi connectivity index (χ3v) is 5.03. The minimum Gasteiger partial charge on any atom is -0.339 e. The van der Waals surface area contributed by atoms with Gasteiger partial charge in [-0.05, 0) is 57.9 Å². The summed E-state index contributed by atoms with van der Waals surface area (Å²) < 4.78 is 1.68. The van der Waals surface area contributed by atoms with Gasteiger partial charge in [0.2, 0.25) is 5.91 Å². The fourth-order valence-corrected chi connectivity index (χ4v) is 3.40. The number of anilines is 1. The molecule has 1 N–H and O–H groups in total. The van der Waals surface area contributed by atoms with Crippen molar-refractivity contribution in [3.05, 3.63) is 53.1 Å². The van der Waals surface area contributed by atoms with Gasteiger partial charge in [0, 0.05) is 42.1 Å². The Morgan fingerprint density at radius 1 is 1.17 bits per heavy atom. The molecule has 0 atom stereocenters. The van der Waals surface area contributed by atoms with Crippen LogP contribution in [0.4, 0.5) is 5.69 Å². The molecular formula is C21H26N6O2. The molecule has 3 aromatic rings. The number of amides is 2. The van der Waals surface area contributed by atoms with Gasteiger partial charge in [-0.3, -0.25) is 9.59 Å². The molecule has 0 aliphatic heterocycles. The molecule has 0 bridgehead atoms. The molecule has 0 fully saturated rings. The van der Waals surface area contributed by atoms with Crippen LogP contribution in [0.15, 0.2) is 30.6 Å². The number of rotatable bonds is 7. The van der Waals surface area contributed by atoms with Crippen LogP contribution < -0.4 is 5.32 Å². The lowest BCUT2D eigenvalue weighted by Gasteiger charge is -2.19. The van der Waals surface area contributed by atoms with E-state index in [9.17, 15) is 9.59 Å². The van der Waals surface area contributed by atoms with Gasteiger partial charge in [0.25, 0.3) is 11.7 Å². The number of nitrogens with one attached hydrogen (secondary N) is 1. The molecule has 0 radical (unpaired) electrons. The average molecular weight is 394 g/mol. The van der Waals surface area contributed by atoms with Crippen molar-refractivity contribution >= 4 is 23.3 Å². The number of hydrogen-bond donors (Lipinski definition) is 1. The second kappa shape index (κ2) is 8.81. The van der Waals surface area contributed by atoms with E-state index in [0.717, 1.165) is 17.0 Å². The van der Waals surface area contributed by atoms with Gasteiger partial charge in [-0.15, -0.1) is 0 Å². The molecule has 152 valence electrons. The number of aromatic nitrogens is 4. The van der Waals surface area contributed by atoms with Crippen LogP contribution in [-0.2, 0) is 11.2 Å². The van der Waals surface area contributed by atoms with E-state index >= 15 is 0 Å². The van der Waals surface area contributed by atoms with Gasteiger partial charge < -0.3 is 10.2 Å². The number of fused-ring (bicyclic) bond motifs is 1. The molecule has 2 amide bonds. The third kappa shape index (κ3) is 4.42. The molecule has 0 unspecified atom stereocenters. The highest BCUT2D eigenvalue weighted by atomic mass is 16.2. The molecule has 0 saturated carbocycles. The monoisotopic (exact) mass is 394 g/mol. The van der Waals surface area contributed by atoms with E-state index < -0.39 is 0 Å². The highest BCUT2D eigenvalue weighted by molar-refractivity contribution is 5.97. The zero-order chi connectivity index (χ0) is 21.0. The Bertz CT molecular complexity index is 1040. The van der Waals surface area contributed by atoms with E-state index in [0.29, 0.717) is 43.0 Å². The van der Waals surface area contributed by atoms with Crippen LogP contribution in [0.3, 0.4) is 0 Å². The van der Waals surface area contributed by atoms with Crippen molar-refractivity contribution in [2.24, 2.45) is 0 Å². The van der Waals surface area contributed by atoms with E-state index in [1.54, 1.807) is 33.7 Å². The van der Waals surface area contributed by atoms with Crippen molar-refractivity contribution in [3.63, 3.8) is 0 Å². The zero-order valence-electron chi connectivity index (χ0n) is 17.3. The van der Waals surface area contributed by atoms with Gasteiger partial charge in [0.05, 0.1) is 0 Å². The number of carbonyl (C=O) groups excluding carboxylic acids is 2. The molecule has 3 rings (SSSR count). The number of benzene rings is 1. The van der Waals surface area contributed by atoms with E-state index in [2.05, 4.69) is 20.4 Å². The van der Waals surface area contributed by atoms with Crippen molar-refractivity contribution in [2.45, 2.75) is 40.5 Å². The molecule has 2 aromatic heterocycles. The van der Waals surface area contributed by atoms with Gasteiger partial charge in [-0.2, -0.15) is 10.1 Å². The second-order valence-electron chi connectivity index (χ2n) is 6.84. The Balaban J connectivity index is 1.67. The van der Waals surface area contributed by atoms with E-state index in [-0.39, 0.29) is 11.8 Å². The van der Waals surface area contributed by atoms with Crippen LogP contribution in [0.1, 0.15) is 47.6 Å². The SMILES string of the molecule is CCN(CC)C(=O)c1cccc(NC(=O)CCc2c(C)nc3ncnn3c2C)c1. The van der Waals surface area contributed by atoms with Crippen molar-refractivity contribution in [1.82, 2.24) is 24.5 Å². The largest absolute Gasteiger partial charge is 0.339 e. The van der Waals surface area contributed by atoms with Gasteiger partial charge in [-0.25, -0.2) is 9.50 Å². The fraction of sp³-hybridized carbons (Fsp3) is 0.381. The molecule has 2 heterocycles. The molecule has 0 saturated heterocycles. The molecule has 29 heavy (non-hydrogen) atoms. The molecule has 8 nitrogen and oxygen atoms in total. The minimum absolute atomic E-state index is 0.0374. The third-order valence-electron chi connectivity index (χ3n) is 5.03. The summed E-state index contributed by atoms with van der Waals surface area (Å²) in [7, 11) is 0. The summed E-state index contributed by atoms with van der Waals surface area (Å²) in [5.41, 5.74) is 3.96. The number of aryl methyl sites for hydroxylation is 2. The molecule has 0 aliphatic carbocycles. The van der Waals surface area contributed by atoms with Crippen molar-refractivity contribution in [3.8, 4) is 0 Å². The summed E-state index contributed by atoms with van der Waals surface area (Å²) in [4.78, 5) is 35.3. The Labute approximate surface area is 170 Å². The topological polar surface area (TPSA) is 92.5 Å². The predicted molar refractivity (Wildman–Crippen MR) is 111 cm³/mol. The number of carbonyl (C=O) groups is 2. The van der Waals surface area contributed by atoms with Crippen LogP contribution in [0, 0.1) is 13.8 Å². The second-order valence-corrected chi connectivity index (χ2v) is 6.84. The van der Waals surface area contributed by atoms with E-state index in [4.69, 9.17) is 0 Å². The highest BCUT2D eigenvalue weighted by Gasteiger charge is 2.15. The lowest BCUT2D eigenvalue weighted by Crippen LogP contribution is -2.30. The first-order valence-electron chi connectivity index (χ1n) is 9.79. The zero-order valence-corrected chi connectivity index (χ0v) is 17.3. The average Bonchev–Trinajstić information content (AvgIpc) is 3.17. The summed E-state index contributed by atoms with van der Waals surface area (Å²) in [6.45, 7) is 9.05. The highest BCUT2D eigenvalue weighted by Crippen LogP contribution is 2.17. The minimum atomic E-state index is -0.116. The molecular weight excluding hydrogens is 368 g/mol. The van der Waals surface area contributed by atoms with Crippen LogP contribution >= 0.6 is 0 Å². The van der Waals surface area contributed by atoms with Gasteiger partial charge in [-0.1, -0.05) is 6.07 Å². The maximum atomic E-state index is 12.5. The van der Waals surface area contributed by atoms with Crippen LogP contribution in [0.25, 0.3) is 5.78 Å². The normalized spacial score (nSPS) is 10.9. The Morgan fingerprint density at radius 3 is 2.66 bits per heavy atom. The maximum absolute atomic E-state index is 12.5. The summed E-state index contributed by atoms with van der Waals surface area (Å²) in [6, 6.07) is 7.06. The van der Waals surface area contributed by atoms with Crippen LogP contribution in [0.5, 0.6) is 0 Å². The standard InChI is InChI=1S/C21H26N6O2/c1-5-26(6-2)20(29)16-8-7-9-17(12-16)25-19(28)11-10-18-14(3)24-21-22-13-23-27(21)15(18)4/h7-9,12-13H,5-6,10-11H2,1-4H3,(H,25,28). The van der Waals surface area contributed by atoms with E-state index in [1.165, 1.54) is 6.33 Å². The summed E-state index contributed by atoms with van der Waals surface area (Å²) in [5.74, 6) is 0.405. The first-order chi connectivity index (χ1) is 13.9. The Morgan fingerprint density at radius 2 is 1.93 bits per heavy atom. The van der Waals surface area contributed by atoms with Gasteiger partial charge in [0.1, 0.15) is 6.33 Å². The predicted octanol–water partition coefficient (Wildman–Crippen LogP) is 2.79. The summed E-state index contributed by atoms with van der Waals surface area (Å²) >= 11 is 0. The molecule has 0 spiro atoms. The van der Waals surface area contributed by atoms with Crippen molar-refractivity contribution in [2.75, 3.05) is 18.4 Å². The fourth-order valence-electron chi connectivity index (χ4n) is 3.40. The Kier molecular flexibility index (Phi) is 6.21. The van der Waals surface area contributed by atoms with E-state index in [1.807, 2.05) is 27.7 Å². The quantitative estimate of drug-likeness (QED) is 0.665.